The van der Waals surface area contributed by atoms with E-state index in [1.807, 2.05) is 24.3 Å². The van der Waals surface area contributed by atoms with Gasteiger partial charge in [-0.3, -0.25) is 0 Å². The molecule has 20 heavy (non-hydrogen) atoms. The molecule has 0 amide bonds. The van der Waals surface area contributed by atoms with Crippen molar-refractivity contribution in [3.8, 4) is 6.07 Å². The zero-order valence-electron chi connectivity index (χ0n) is 11.8. The molecule has 1 unspecified atom stereocenters. The summed E-state index contributed by atoms with van der Waals surface area (Å²) in [6, 6.07) is 9.84. The van der Waals surface area contributed by atoms with Crippen LogP contribution in [0.15, 0.2) is 24.3 Å². The van der Waals surface area contributed by atoms with Crippen LogP contribution in [0.25, 0.3) is 0 Å². The average Bonchev–Trinajstić information content (AvgIpc) is 3.00. The predicted octanol–water partition coefficient (Wildman–Crippen LogP) is 2.23. The molecule has 108 valence electrons. The highest BCUT2D eigenvalue weighted by Gasteiger charge is 2.14. The smallest absolute Gasteiger partial charge is 0.0991 e. The largest absolute Gasteiger partial charge is 0.379 e. The van der Waals surface area contributed by atoms with Crippen LogP contribution >= 0.6 is 0 Å². The fourth-order valence-electron chi connectivity index (χ4n) is 2.27. The molecule has 0 aliphatic carbocycles. The van der Waals surface area contributed by atoms with Gasteiger partial charge in [0.15, 0.2) is 0 Å². The summed E-state index contributed by atoms with van der Waals surface area (Å²) in [5, 5.41) is 12.2. The van der Waals surface area contributed by atoms with Gasteiger partial charge in [0.1, 0.15) is 0 Å². The van der Waals surface area contributed by atoms with Gasteiger partial charge in [-0.05, 0) is 43.5 Å². The molecule has 1 aromatic rings. The normalized spacial score (nSPS) is 18.1. The van der Waals surface area contributed by atoms with Gasteiger partial charge in [-0.25, -0.2) is 0 Å². The molecule has 4 heteroatoms. The Morgan fingerprint density at radius 2 is 2.40 bits per heavy atom. The topological polar surface area (TPSA) is 54.3 Å². The summed E-state index contributed by atoms with van der Waals surface area (Å²) >= 11 is 0. The standard InChI is InChI=1S/C16H22N2O2/c17-11-14-4-1-5-15(10-14)12-18-7-3-8-19-13-16-6-2-9-20-16/h1,4-5,10,16,18H,2-3,6-9,12-13H2. The minimum absolute atomic E-state index is 0.316. The summed E-state index contributed by atoms with van der Waals surface area (Å²) in [4.78, 5) is 0. The SMILES string of the molecule is N#Cc1cccc(CNCCCOCC2CCCO2)c1. The second kappa shape index (κ2) is 8.70. The van der Waals surface area contributed by atoms with Crippen LogP contribution in [0.5, 0.6) is 0 Å². The second-order valence-electron chi connectivity index (χ2n) is 5.05. The van der Waals surface area contributed by atoms with Gasteiger partial charge in [-0.2, -0.15) is 5.26 Å². The number of benzene rings is 1. The van der Waals surface area contributed by atoms with E-state index in [-0.39, 0.29) is 0 Å². The molecule has 1 atom stereocenters. The Labute approximate surface area is 120 Å². The molecule has 1 aliphatic rings. The molecule has 0 aromatic heterocycles. The highest BCUT2D eigenvalue weighted by atomic mass is 16.5. The number of nitrogens with zero attached hydrogens (tertiary/aromatic N) is 1. The summed E-state index contributed by atoms with van der Waals surface area (Å²) in [6.45, 7) is 4.09. The molecular formula is C16H22N2O2. The van der Waals surface area contributed by atoms with Crippen LogP contribution in [-0.4, -0.2) is 32.5 Å². The van der Waals surface area contributed by atoms with E-state index in [1.165, 1.54) is 0 Å². The quantitative estimate of drug-likeness (QED) is 0.739. The zero-order chi connectivity index (χ0) is 14.0. The maximum Gasteiger partial charge on any atom is 0.0991 e. The molecular weight excluding hydrogens is 252 g/mol. The van der Waals surface area contributed by atoms with Gasteiger partial charge in [-0.1, -0.05) is 12.1 Å². The van der Waals surface area contributed by atoms with Crippen LogP contribution in [0.2, 0.25) is 0 Å². The molecule has 0 saturated carbocycles. The molecule has 1 aliphatic heterocycles. The van der Waals surface area contributed by atoms with Crippen LogP contribution in [0.4, 0.5) is 0 Å². The molecule has 1 N–H and O–H groups in total. The molecule has 1 saturated heterocycles. The Hall–Kier alpha value is -1.41. The lowest BCUT2D eigenvalue weighted by Crippen LogP contribution is -2.19. The van der Waals surface area contributed by atoms with E-state index in [1.54, 1.807) is 0 Å². The van der Waals surface area contributed by atoms with E-state index in [0.29, 0.717) is 11.7 Å². The van der Waals surface area contributed by atoms with Crippen molar-refractivity contribution in [3.63, 3.8) is 0 Å². The van der Waals surface area contributed by atoms with Gasteiger partial charge < -0.3 is 14.8 Å². The summed E-state index contributed by atoms with van der Waals surface area (Å²) in [5.74, 6) is 0. The van der Waals surface area contributed by atoms with Crippen molar-refractivity contribution in [1.82, 2.24) is 5.32 Å². The summed E-state index contributed by atoms with van der Waals surface area (Å²) in [7, 11) is 0. The van der Waals surface area contributed by atoms with Gasteiger partial charge >= 0.3 is 0 Å². The maximum atomic E-state index is 8.82. The van der Waals surface area contributed by atoms with E-state index >= 15 is 0 Å². The minimum Gasteiger partial charge on any atom is -0.379 e. The van der Waals surface area contributed by atoms with Gasteiger partial charge in [0.05, 0.1) is 24.3 Å². The molecule has 0 bridgehead atoms. The summed E-state index contributed by atoms with van der Waals surface area (Å²) in [6.07, 6.45) is 3.60. The molecule has 1 fully saturated rings. The van der Waals surface area contributed by atoms with E-state index < -0.39 is 0 Å². The summed E-state index contributed by atoms with van der Waals surface area (Å²) < 4.78 is 11.1. The van der Waals surface area contributed by atoms with Crippen molar-refractivity contribution >= 4 is 0 Å². The van der Waals surface area contributed by atoms with Crippen molar-refractivity contribution in [2.75, 3.05) is 26.4 Å². The molecule has 1 heterocycles. The van der Waals surface area contributed by atoms with Gasteiger partial charge in [0.25, 0.3) is 0 Å². The number of hydrogen-bond donors (Lipinski definition) is 1. The van der Waals surface area contributed by atoms with Gasteiger partial charge in [0.2, 0.25) is 0 Å². The fourth-order valence-corrected chi connectivity index (χ4v) is 2.27. The van der Waals surface area contributed by atoms with E-state index in [9.17, 15) is 0 Å². The van der Waals surface area contributed by atoms with Crippen molar-refractivity contribution in [2.24, 2.45) is 0 Å². The van der Waals surface area contributed by atoms with Crippen LogP contribution < -0.4 is 5.32 Å². The van der Waals surface area contributed by atoms with Crippen molar-refractivity contribution in [1.29, 1.82) is 5.26 Å². The highest BCUT2D eigenvalue weighted by Crippen LogP contribution is 2.11. The number of hydrogen-bond acceptors (Lipinski definition) is 4. The first kappa shape index (κ1) is 15.0. The third-order valence-electron chi connectivity index (χ3n) is 3.36. The molecule has 4 nitrogen and oxygen atoms in total. The van der Waals surface area contributed by atoms with Crippen molar-refractivity contribution < 1.29 is 9.47 Å². The number of nitrogens with one attached hydrogen (secondary N) is 1. The van der Waals surface area contributed by atoms with Gasteiger partial charge in [-0.15, -0.1) is 0 Å². The van der Waals surface area contributed by atoms with Crippen molar-refractivity contribution in [3.05, 3.63) is 35.4 Å². The Bertz CT molecular complexity index is 436. The monoisotopic (exact) mass is 274 g/mol. The van der Waals surface area contributed by atoms with E-state index in [0.717, 1.165) is 57.7 Å². The molecule has 0 radical (unpaired) electrons. The van der Waals surface area contributed by atoms with Crippen molar-refractivity contribution in [2.45, 2.75) is 31.9 Å². The molecule has 0 spiro atoms. The van der Waals surface area contributed by atoms with Gasteiger partial charge in [0, 0.05) is 19.8 Å². The predicted molar refractivity (Wildman–Crippen MR) is 77.3 cm³/mol. The van der Waals surface area contributed by atoms with Crippen LogP contribution in [0, 0.1) is 11.3 Å². The number of ether oxygens (including phenoxy) is 2. The number of nitriles is 1. The second-order valence-corrected chi connectivity index (χ2v) is 5.05. The summed E-state index contributed by atoms with van der Waals surface area (Å²) in [5.41, 5.74) is 1.86. The molecule has 1 aromatic carbocycles. The first-order valence-electron chi connectivity index (χ1n) is 7.27. The maximum absolute atomic E-state index is 8.82. The van der Waals surface area contributed by atoms with E-state index in [4.69, 9.17) is 14.7 Å². The first-order chi connectivity index (χ1) is 9.88. The Morgan fingerprint density at radius 3 is 3.20 bits per heavy atom. The zero-order valence-corrected chi connectivity index (χ0v) is 11.8. The Morgan fingerprint density at radius 1 is 1.45 bits per heavy atom. The minimum atomic E-state index is 0.316. The van der Waals surface area contributed by atoms with E-state index in [2.05, 4.69) is 11.4 Å². The Kier molecular flexibility index (Phi) is 6.52. The molecule has 2 rings (SSSR count). The lowest BCUT2D eigenvalue weighted by Gasteiger charge is -2.10. The van der Waals surface area contributed by atoms with Crippen LogP contribution in [0.3, 0.4) is 0 Å². The average molecular weight is 274 g/mol. The van der Waals surface area contributed by atoms with Crippen LogP contribution in [0.1, 0.15) is 30.4 Å². The highest BCUT2D eigenvalue weighted by molar-refractivity contribution is 5.32. The lowest BCUT2D eigenvalue weighted by molar-refractivity contribution is 0.0166. The third kappa shape index (κ3) is 5.30. The Balaban J connectivity index is 1.49. The fraction of sp³-hybridized carbons (Fsp3) is 0.562. The number of rotatable bonds is 8. The lowest BCUT2D eigenvalue weighted by atomic mass is 10.1. The van der Waals surface area contributed by atoms with Crippen LogP contribution in [-0.2, 0) is 16.0 Å². The third-order valence-corrected chi connectivity index (χ3v) is 3.36. The first-order valence-corrected chi connectivity index (χ1v) is 7.27.